The molecular weight excluding hydrogens is 358 g/mol. The van der Waals surface area contributed by atoms with Crippen molar-refractivity contribution in [2.24, 2.45) is 0 Å². The maximum absolute atomic E-state index is 11.7. The Morgan fingerprint density at radius 3 is 2.62 bits per heavy atom. The summed E-state index contributed by atoms with van der Waals surface area (Å²) in [5, 5.41) is 12.8. The Bertz CT molecular complexity index is 802. The van der Waals surface area contributed by atoms with Gasteiger partial charge in [-0.3, -0.25) is 4.79 Å². The van der Waals surface area contributed by atoms with Gasteiger partial charge in [-0.25, -0.2) is 4.79 Å². The average molecular weight is 376 g/mol. The van der Waals surface area contributed by atoms with E-state index in [1.54, 1.807) is 36.4 Å². The van der Waals surface area contributed by atoms with Gasteiger partial charge in [-0.1, -0.05) is 29.8 Å². The van der Waals surface area contributed by atoms with E-state index < -0.39 is 11.9 Å². The number of halogens is 1. The molecule has 0 atom stereocenters. The van der Waals surface area contributed by atoms with Crippen LogP contribution in [0.5, 0.6) is 11.5 Å². The van der Waals surface area contributed by atoms with Gasteiger partial charge in [-0.05, 0) is 41.5 Å². The average Bonchev–Trinajstić information content (AvgIpc) is 2.65. The van der Waals surface area contributed by atoms with Crippen molar-refractivity contribution in [2.45, 2.75) is 6.54 Å². The third-order valence-corrected chi connectivity index (χ3v) is 3.62. The Kier molecular flexibility index (Phi) is 7.05. The first-order valence-corrected chi connectivity index (χ1v) is 8.08. The molecule has 0 saturated carbocycles. The molecule has 2 rings (SSSR count). The van der Waals surface area contributed by atoms with Crippen LogP contribution in [0, 0.1) is 0 Å². The van der Waals surface area contributed by atoms with E-state index in [1.807, 2.05) is 0 Å². The molecule has 1 amide bonds. The standard InChI is InChI=1S/C19H18ClNO5/c1-25-17-10-13(4-8-16(17)22)5-9-19(24)26-12-18(23)21-11-14-2-6-15(20)7-3-14/h2-10,22H,11-12H2,1H3,(H,21,23)/b9-5+. The molecule has 2 aromatic carbocycles. The number of nitrogens with one attached hydrogen (secondary N) is 1. The lowest BCUT2D eigenvalue weighted by molar-refractivity contribution is -0.143. The van der Waals surface area contributed by atoms with Crippen LogP contribution in [0.1, 0.15) is 11.1 Å². The summed E-state index contributed by atoms with van der Waals surface area (Å²) in [6, 6.07) is 11.7. The summed E-state index contributed by atoms with van der Waals surface area (Å²) in [6.07, 6.45) is 2.69. The van der Waals surface area contributed by atoms with Gasteiger partial charge in [0.25, 0.3) is 5.91 Å². The zero-order valence-corrected chi connectivity index (χ0v) is 14.8. The van der Waals surface area contributed by atoms with Crippen LogP contribution in [0.2, 0.25) is 5.02 Å². The minimum absolute atomic E-state index is 0.00425. The van der Waals surface area contributed by atoms with Crippen molar-refractivity contribution in [3.05, 3.63) is 64.7 Å². The summed E-state index contributed by atoms with van der Waals surface area (Å²) >= 11 is 5.79. The number of esters is 1. The minimum Gasteiger partial charge on any atom is -0.504 e. The van der Waals surface area contributed by atoms with Gasteiger partial charge in [-0.15, -0.1) is 0 Å². The number of aromatic hydroxyl groups is 1. The molecule has 0 fully saturated rings. The predicted molar refractivity (Wildman–Crippen MR) is 98.0 cm³/mol. The molecule has 0 radical (unpaired) electrons. The highest BCUT2D eigenvalue weighted by Gasteiger charge is 2.06. The van der Waals surface area contributed by atoms with Crippen molar-refractivity contribution in [1.82, 2.24) is 5.32 Å². The van der Waals surface area contributed by atoms with Crippen LogP contribution in [0.15, 0.2) is 48.5 Å². The number of phenolic OH excluding ortho intramolecular Hbond substituents is 1. The first-order valence-electron chi connectivity index (χ1n) is 7.71. The Balaban J connectivity index is 1.77. The molecular formula is C19H18ClNO5. The largest absolute Gasteiger partial charge is 0.504 e. The highest BCUT2D eigenvalue weighted by atomic mass is 35.5. The fraction of sp³-hybridized carbons (Fsp3) is 0.158. The van der Waals surface area contributed by atoms with Crippen molar-refractivity contribution in [1.29, 1.82) is 0 Å². The van der Waals surface area contributed by atoms with Gasteiger partial charge in [0.05, 0.1) is 7.11 Å². The van der Waals surface area contributed by atoms with Gasteiger partial charge in [0.2, 0.25) is 0 Å². The first kappa shape index (κ1) is 19.3. The number of hydrogen-bond donors (Lipinski definition) is 2. The summed E-state index contributed by atoms with van der Waals surface area (Å²) in [5.41, 5.74) is 1.53. The molecule has 0 aromatic heterocycles. The molecule has 2 N–H and O–H groups in total. The lowest BCUT2D eigenvalue weighted by Gasteiger charge is -2.06. The van der Waals surface area contributed by atoms with Crippen molar-refractivity contribution in [3.8, 4) is 11.5 Å². The SMILES string of the molecule is COc1cc(/C=C/C(=O)OCC(=O)NCc2ccc(Cl)cc2)ccc1O. The summed E-state index contributed by atoms with van der Waals surface area (Å²) in [7, 11) is 1.43. The number of carbonyl (C=O) groups is 2. The zero-order chi connectivity index (χ0) is 18.9. The number of ether oxygens (including phenoxy) is 2. The predicted octanol–water partition coefficient (Wildman–Crippen LogP) is 2.93. The highest BCUT2D eigenvalue weighted by molar-refractivity contribution is 6.30. The van der Waals surface area contributed by atoms with Crippen LogP contribution in [0.25, 0.3) is 6.08 Å². The molecule has 0 heterocycles. The van der Waals surface area contributed by atoms with E-state index in [1.165, 1.54) is 25.3 Å². The Labute approximate surface area is 156 Å². The van der Waals surface area contributed by atoms with Gasteiger partial charge in [0, 0.05) is 17.6 Å². The summed E-state index contributed by atoms with van der Waals surface area (Å²) in [6.45, 7) is -0.0631. The molecule has 2 aromatic rings. The van der Waals surface area contributed by atoms with Crippen LogP contribution in [0.4, 0.5) is 0 Å². The van der Waals surface area contributed by atoms with Gasteiger partial charge in [0.15, 0.2) is 18.1 Å². The molecule has 136 valence electrons. The fourth-order valence-corrected chi connectivity index (χ4v) is 2.13. The molecule has 0 unspecified atom stereocenters. The smallest absolute Gasteiger partial charge is 0.331 e. The molecule has 0 aliphatic rings. The van der Waals surface area contributed by atoms with E-state index in [0.717, 1.165) is 5.56 Å². The number of amides is 1. The number of benzene rings is 2. The lowest BCUT2D eigenvalue weighted by Crippen LogP contribution is -2.28. The molecule has 7 heteroatoms. The van der Waals surface area contributed by atoms with E-state index in [4.69, 9.17) is 21.1 Å². The number of carbonyl (C=O) groups excluding carboxylic acids is 2. The molecule has 0 spiro atoms. The monoisotopic (exact) mass is 375 g/mol. The molecule has 6 nitrogen and oxygen atoms in total. The van der Waals surface area contributed by atoms with Crippen molar-refractivity contribution < 1.29 is 24.2 Å². The third kappa shape index (κ3) is 6.14. The summed E-state index contributed by atoms with van der Waals surface area (Å²) < 4.78 is 9.85. The lowest BCUT2D eigenvalue weighted by atomic mass is 10.2. The van der Waals surface area contributed by atoms with Crippen LogP contribution in [-0.2, 0) is 20.9 Å². The number of phenols is 1. The topological polar surface area (TPSA) is 84.9 Å². The van der Waals surface area contributed by atoms with Crippen LogP contribution in [-0.4, -0.2) is 30.7 Å². The quantitative estimate of drug-likeness (QED) is 0.574. The van der Waals surface area contributed by atoms with Crippen LogP contribution < -0.4 is 10.1 Å². The van der Waals surface area contributed by atoms with E-state index >= 15 is 0 Å². The maximum atomic E-state index is 11.7. The minimum atomic E-state index is -0.654. The van der Waals surface area contributed by atoms with E-state index in [2.05, 4.69) is 5.32 Å². The molecule has 0 saturated heterocycles. The van der Waals surface area contributed by atoms with Crippen LogP contribution in [0.3, 0.4) is 0 Å². The fourth-order valence-electron chi connectivity index (χ4n) is 2.00. The van der Waals surface area contributed by atoms with Crippen molar-refractivity contribution >= 4 is 29.6 Å². The molecule has 0 bridgehead atoms. The Morgan fingerprint density at radius 2 is 1.92 bits per heavy atom. The second-order valence-electron chi connectivity index (χ2n) is 5.28. The highest BCUT2D eigenvalue weighted by Crippen LogP contribution is 2.26. The number of hydrogen-bond acceptors (Lipinski definition) is 5. The second kappa shape index (κ2) is 9.48. The van der Waals surface area contributed by atoms with Gasteiger partial charge in [-0.2, -0.15) is 0 Å². The number of methoxy groups -OCH3 is 1. The van der Waals surface area contributed by atoms with E-state index in [9.17, 15) is 14.7 Å². The normalized spacial score (nSPS) is 10.5. The van der Waals surface area contributed by atoms with Gasteiger partial charge >= 0.3 is 5.97 Å². The van der Waals surface area contributed by atoms with Crippen molar-refractivity contribution in [2.75, 3.05) is 13.7 Å². The maximum Gasteiger partial charge on any atom is 0.331 e. The first-order chi connectivity index (χ1) is 12.5. The Hall–Kier alpha value is -2.99. The van der Waals surface area contributed by atoms with E-state index in [0.29, 0.717) is 22.9 Å². The third-order valence-electron chi connectivity index (χ3n) is 3.36. The number of rotatable bonds is 7. The second-order valence-corrected chi connectivity index (χ2v) is 5.71. The molecule has 0 aliphatic carbocycles. The van der Waals surface area contributed by atoms with E-state index in [-0.39, 0.29) is 12.4 Å². The zero-order valence-electron chi connectivity index (χ0n) is 14.1. The molecule has 26 heavy (non-hydrogen) atoms. The summed E-state index contributed by atoms with van der Waals surface area (Å²) in [5.74, 6) is -0.765. The van der Waals surface area contributed by atoms with Gasteiger partial charge < -0.3 is 19.9 Å². The summed E-state index contributed by atoms with van der Waals surface area (Å²) in [4.78, 5) is 23.4. The molecule has 0 aliphatic heterocycles. The Morgan fingerprint density at radius 1 is 1.19 bits per heavy atom. The van der Waals surface area contributed by atoms with Gasteiger partial charge in [0.1, 0.15) is 0 Å². The van der Waals surface area contributed by atoms with Crippen molar-refractivity contribution in [3.63, 3.8) is 0 Å². The van der Waals surface area contributed by atoms with Crippen LogP contribution >= 0.6 is 11.6 Å².